The van der Waals surface area contributed by atoms with E-state index in [2.05, 4.69) is 182 Å². The van der Waals surface area contributed by atoms with Crippen LogP contribution in [0.5, 0.6) is 0 Å². The van der Waals surface area contributed by atoms with Crippen molar-refractivity contribution in [2.75, 3.05) is 0 Å². The number of nitrogens with zero attached hydrogens (tertiary/aromatic N) is 1. The molecule has 1 heterocycles. The number of hydrogen-bond donors (Lipinski definition) is 1. The maximum Gasteiger partial charge on any atom is 0.103 e. The quantitative estimate of drug-likeness (QED) is 0.106. The first kappa shape index (κ1) is 49.5. The van der Waals surface area contributed by atoms with Crippen molar-refractivity contribution in [1.29, 1.82) is 0 Å². The molecule has 0 aliphatic heterocycles. The van der Waals surface area contributed by atoms with E-state index >= 15 is 0 Å². The molecule has 0 bridgehead atoms. The molecule has 0 amide bonds. The van der Waals surface area contributed by atoms with Gasteiger partial charge in [-0.15, -0.1) is 11.6 Å². The summed E-state index contributed by atoms with van der Waals surface area (Å²) in [4.78, 5) is -0.717. The van der Waals surface area contributed by atoms with Crippen LogP contribution in [-0.4, -0.2) is 20.7 Å². The van der Waals surface area contributed by atoms with Crippen LogP contribution in [0.2, 0.25) is 0 Å². The molecule has 4 aromatic rings. The van der Waals surface area contributed by atoms with Gasteiger partial charge >= 0.3 is 0 Å². The first-order chi connectivity index (χ1) is 23.5. The van der Waals surface area contributed by atoms with E-state index in [4.69, 9.17) is 11.6 Å². The van der Waals surface area contributed by atoms with E-state index in [1.165, 1.54) is 21.9 Å². The Morgan fingerprint density at radius 2 is 1.04 bits per heavy atom. The molecule has 1 aliphatic rings. The van der Waals surface area contributed by atoms with E-state index in [0.29, 0.717) is 6.42 Å². The van der Waals surface area contributed by atoms with Gasteiger partial charge in [0.15, 0.2) is 0 Å². The fraction of sp³-hybridized carbons (Fsp3) is 0.569. The van der Waals surface area contributed by atoms with E-state index in [1.54, 1.807) is 0 Å². The summed E-state index contributed by atoms with van der Waals surface area (Å²) in [5, 5.41) is 15.3. The minimum Gasteiger partial charge on any atom is -0.386 e. The van der Waals surface area contributed by atoms with E-state index in [0.717, 1.165) is 41.4 Å². The van der Waals surface area contributed by atoms with Gasteiger partial charge in [0.2, 0.25) is 0 Å². The van der Waals surface area contributed by atoms with Crippen molar-refractivity contribution in [2.45, 2.75) is 164 Å². The number of aliphatic hydroxyl groups is 1. The first-order valence-corrected chi connectivity index (χ1v) is 20.1. The Labute approximate surface area is 362 Å². The second-order valence-electron chi connectivity index (χ2n) is 22.4. The van der Waals surface area contributed by atoms with Crippen LogP contribution in [0.3, 0.4) is 0 Å². The van der Waals surface area contributed by atoms with Gasteiger partial charge in [-0.25, -0.2) is 0 Å². The number of benzene rings is 3. The van der Waals surface area contributed by atoms with Gasteiger partial charge in [-0.05, 0) is 112 Å². The minimum absolute atomic E-state index is 0. The summed E-state index contributed by atoms with van der Waals surface area (Å²) in [6.07, 6.45) is 5.13. The molecule has 4 heteroatoms. The van der Waals surface area contributed by atoms with Gasteiger partial charge in [-0.2, -0.15) is 0 Å². The monoisotopic (exact) mass is 934 g/mol. The molecule has 0 saturated carbocycles. The number of halogens is 1. The van der Waals surface area contributed by atoms with Crippen LogP contribution in [0, 0.1) is 36.5 Å². The second-order valence-corrected chi connectivity index (χ2v) is 23.1. The zero-order valence-electron chi connectivity index (χ0n) is 38.1. The Kier molecular flexibility index (Phi) is 14.5. The summed E-state index contributed by atoms with van der Waals surface area (Å²) in [6, 6.07) is 24.7. The molecule has 3 aromatic carbocycles. The molecule has 1 aliphatic carbocycles. The van der Waals surface area contributed by atoms with Crippen LogP contribution in [0.4, 0.5) is 0 Å². The third kappa shape index (κ3) is 10.1. The molecule has 304 valence electrons. The third-order valence-electron chi connectivity index (χ3n) is 11.9. The number of allylic oxidation sites excluding steroid dienone is 1. The van der Waals surface area contributed by atoms with Gasteiger partial charge < -0.3 is 24.5 Å². The molecule has 0 radical (unpaired) electrons. The topological polar surface area (TPSA) is 25.2 Å². The summed E-state index contributed by atoms with van der Waals surface area (Å²) in [5.74, 6) is 0. The average molecular weight is 933 g/mol. The molecular weight excluding hydrogens is 857 g/mol. The van der Waals surface area contributed by atoms with E-state index in [9.17, 15) is 5.11 Å². The Morgan fingerprint density at radius 3 is 1.42 bits per heavy atom. The SMILES string of the molecule is CC(C)(C)CC(C)(C)c1ccc2c(c1)c1cc(C(C)(C)CC(C)(C)C)ccc1n2C1(C)CC(Cl)(C(C)(C)CC(C)(C)C)C=C(c2ccccc2)C1O.[CH3-].[CH3-].[Hf]. The van der Waals surface area contributed by atoms with E-state index in [1.807, 2.05) is 6.07 Å². The van der Waals surface area contributed by atoms with Crippen molar-refractivity contribution in [2.24, 2.45) is 21.7 Å². The fourth-order valence-corrected chi connectivity index (χ4v) is 11.0. The van der Waals surface area contributed by atoms with E-state index in [-0.39, 0.29) is 73.2 Å². The van der Waals surface area contributed by atoms with Crippen LogP contribution >= 0.6 is 11.6 Å². The second kappa shape index (κ2) is 16.2. The van der Waals surface area contributed by atoms with Gasteiger partial charge in [0, 0.05) is 47.6 Å². The molecule has 1 aromatic heterocycles. The molecule has 0 saturated heterocycles. The average Bonchev–Trinajstić information content (AvgIpc) is 3.30. The molecule has 2 nitrogen and oxygen atoms in total. The van der Waals surface area contributed by atoms with Crippen LogP contribution in [0.15, 0.2) is 72.8 Å². The normalized spacial score (nSPS) is 21.4. The Balaban J connectivity index is 0.00000348. The number of hydrogen-bond acceptors (Lipinski definition) is 1. The van der Waals surface area contributed by atoms with Gasteiger partial charge in [0.05, 0.1) is 10.4 Å². The molecule has 0 fully saturated rings. The Bertz CT molecular complexity index is 1870. The minimum atomic E-state index is -0.778. The molecule has 1 N–H and O–H groups in total. The zero-order chi connectivity index (χ0) is 39.1. The van der Waals surface area contributed by atoms with Crippen molar-refractivity contribution < 1.29 is 30.9 Å². The summed E-state index contributed by atoms with van der Waals surface area (Å²) in [5.41, 5.74) is 6.38. The van der Waals surface area contributed by atoms with Gasteiger partial charge in [0.1, 0.15) is 6.10 Å². The van der Waals surface area contributed by atoms with Gasteiger partial charge in [-0.3, -0.25) is 0 Å². The van der Waals surface area contributed by atoms with Crippen molar-refractivity contribution in [3.63, 3.8) is 0 Å². The predicted octanol–water partition coefficient (Wildman–Crippen LogP) is 15.1. The maximum absolute atomic E-state index is 12.8. The number of rotatable bonds is 8. The standard InChI is InChI=1S/C49H70ClNO.2CH3.Hf/c1-42(2,3)29-45(10,11)34-22-24-39-36(26-34)37-27-35(46(12,13)30-43(4,5)6)23-25-40(37)51(39)48(16)32-49(50,47(14,15)31-44(7,8)9)28-38(41(48)52)33-20-18-17-19-21-33;;;/h17-28,41,52H,29-32H2,1-16H3;2*1H3;/q;2*-1;. The van der Waals surface area contributed by atoms with Crippen LogP contribution < -0.4 is 0 Å². The summed E-state index contributed by atoms with van der Waals surface area (Å²) in [7, 11) is 0. The molecular formula is C51H76ClHfNO-2. The largest absolute Gasteiger partial charge is 0.386 e. The van der Waals surface area contributed by atoms with E-state index < -0.39 is 16.5 Å². The summed E-state index contributed by atoms with van der Waals surface area (Å²) >= 11 is 8.08. The number of alkyl halides is 1. The van der Waals surface area contributed by atoms with Crippen molar-refractivity contribution in [1.82, 2.24) is 4.57 Å². The van der Waals surface area contributed by atoms with Crippen LogP contribution in [0.1, 0.15) is 153 Å². The number of aliphatic hydroxyl groups excluding tert-OH is 1. The Morgan fingerprint density at radius 1 is 0.636 bits per heavy atom. The smallest absolute Gasteiger partial charge is 0.103 e. The molecule has 3 unspecified atom stereocenters. The Hall–Kier alpha value is -1.68. The number of aromatic nitrogens is 1. The van der Waals surface area contributed by atoms with Crippen molar-refractivity contribution in [3.8, 4) is 0 Å². The zero-order valence-corrected chi connectivity index (χ0v) is 42.5. The van der Waals surface area contributed by atoms with Gasteiger partial charge in [0.25, 0.3) is 0 Å². The summed E-state index contributed by atoms with van der Waals surface area (Å²) < 4.78 is 2.48. The van der Waals surface area contributed by atoms with Crippen LogP contribution in [0.25, 0.3) is 27.4 Å². The summed E-state index contributed by atoms with van der Waals surface area (Å²) in [6.45, 7) is 37.4. The third-order valence-corrected chi connectivity index (χ3v) is 12.6. The fourth-order valence-electron chi connectivity index (χ4n) is 10.6. The van der Waals surface area contributed by atoms with Gasteiger partial charge in [-0.1, -0.05) is 152 Å². The molecule has 0 spiro atoms. The molecule has 55 heavy (non-hydrogen) atoms. The van der Waals surface area contributed by atoms with Crippen molar-refractivity contribution in [3.05, 3.63) is 104 Å². The predicted molar refractivity (Wildman–Crippen MR) is 242 cm³/mol. The van der Waals surface area contributed by atoms with Crippen molar-refractivity contribution >= 4 is 39.0 Å². The maximum atomic E-state index is 12.8. The van der Waals surface area contributed by atoms with Crippen LogP contribution in [-0.2, 0) is 42.2 Å². The molecule has 5 rings (SSSR count). The molecule has 3 atom stereocenters. The number of fused-ring (bicyclic) bond motifs is 3. The first-order valence-electron chi connectivity index (χ1n) is 19.7.